The molecule has 1 unspecified atom stereocenters. The van der Waals surface area contributed by atoms with E-state index in [0.717, 1.165) is 0 Å². The molecule has 1 aromatic carbocycles. The Kier molecular flexibility index (Phi) is 28.5. The van der Waals surface area contributed by atoms with Gasteiger partial charge in [0.2, 0.25) is 0 Å². The summed E-state index contributed by atoms with van der Waals surface area (Å²) in [6, 6.07) is 11.8. The van der Waals surface area contributed by atoms with Crippen molar-refractivity contribution in [2.45, 2.75) is 207 Å². The van der Waals surface area contributed by atoms with Gasteiger partial charge in [0.15, 0.2) is 0 Å². The van der Waals surface area contributed by atoms with Crippen LogP contribution in [-0.2, 0) is 0 Å². The lowest BCUT2D eigenvalue weighted by Crippen LogP contribution is -2.29. The SMILES string of the molecule is CCCCCCCCCCCCCCCCN(CCCCCCCCCCCCCCCC)C(C)c1ccccc1. The maximum absolute atomic E-state index is 2.79. The molecular weight excluding hydrogens is 494 g/mol. The average molecular weight is 570 g/mol. The Morgan fingerprint density at radius 2 is 0.659 bits per heavy atom. The summed E-state index contributed by atoms with van der Waals surface area (Å²) in [7, 11) is 0. The summed E-state index contributed by atoms with van der Waals surface area (Å²) in [5.74, 6) is 0. The van der Waals surface area contributed by atoms with E-state index >= 15 is 0 Å². The van der Waals surface area contributed by atoms with Crippen LogP contribution in [0.1, 0.15) is 212 Å². The second-order valence-electron chi connectivity index (χ2n) is 13.3. The van der Waals surface area contributed by atoms with Crippen molar-refractivity contribution in [2.24, 2.45) is 0 Å². The first kappa shape index (κ1) is 38.2. The second kappa shape index (κ2) is 30.6. The van der Waals surface area contributed by atoms with Gasteiger partial charge in [-0.05, 0) is 38.4 Å². The molecule has 240 valence electrons. The molecule has 0 aliphatic heterocycles. The first-order valence-corrected chi connectivity index (χ1v) is 19.1. The van der Waals surface area contributed by atoms with E-state index in [-0.39, 0.29) is 0 Å². The van der Waals surface area contributed by atoms with Crippen molar-refractivity contribution in [3.05, 3.63) is 35.9 Å². The molecule has 1 nitrogen and oxygen atoms in total. The van der Waals surface area contributed by atoms with Crippen LogP contribution in [0.2, 0.25) is 0 Å². The number of hydrogen-bond donors (Lipinski definition) is 0. The summed E-state index contributed by atoms with van der Waals surface area (Å²) in [4.78, 5) is 2.79. The Morgan fingerprint density at radius 1 is 0.390 bits per heavy atom. The summed E-state index contributed by atoms with van der Waals surface area (Å²) in [6.45, 7) is 9.59. The van der Waals surface area contributed by atoms with Gasteiger partial charge in [0.05, 0.1) is 0 Å². The molecule has 0 aromatic heterocycles. The first-order valence-electron chi connectivity index (χ1n) is 19.1. The van der Waals surface area contributed by atoms with E-state index in [2.05, 4.69) is 56.0 Å². The summed E-state index contributed by atoms with van der Waals surface area (Å²) in [5, 5.41) is 0. The lowest BCUT2D eigenvalue weighted by atomic mass is 10.0. The van der Waals surface area contributed by atoms with Crippen LogP contribution < -0.4 is 0 Å². The van der Waals surface area contributed by atoms with Gasteiger partial charge in [-0.1, -0.05) is 211 Å². The third kappa shape index (κ3) is 24.3. The van der Waals surface area contributed by atoms with E-state index in [1.807, 2.05) is 0 Å². The van der Waals surface area contributed by atoms with Crippen LogP contribution in [0.4, 0.5) is 0 Å². The van der Waals surface area contributed by atoms with Gasteiger partial charge in [0.1, 0.15) is 0 Å². The minimum Gasteiger partial charge on any atom is -0.297 e. The van der Waals surface area contributed by atoms with Crippen LogP contribution in [-0.4, -0.2) is 18.0 Å². The zero-order valence-electron chi connectivity index (χ0n) is 28.6. The summed E-state index contributed by atoms with van der Waals surface area (Å²) in [5.41, 5.74) is 1.49. The minimum absolute atomic E-state index is 0.542. The smallest absolute Gasteiger partial charge is 0.0319 e. The Labute approximate surface area is 260 Å². The fourth-order valence-corrected chi connectivity index (χ4v) is 6.46. The minimum atomic E-state index is 0.542. The van der Waals surface area contributed by atoms with E-state index in [9.17, 15) is 0 Å². The molecule has 0 N–H and O–H groups in total. The summed E-state index contributed by atoms with van der Waals surface area (Å²) in [6.07, 6.45) is 40.4. The van der Waals surface area contributed by atoms with Crippen LogP contribution in [0.3, 0.4) is 0 Å². The topological polar surface area (TPSA) is 3.24 Å². The third-order valence-corrected chi connectivity index (χ3v) is 9.43. The molecule has 1 heteroatoms. The Bertz CT molecular complexity index is 579. The molecule has 0 saturated carbocycles. The standard InChI is InChI=1S/C40H75N/c1-4-6-8-10-12-14-16-18-20-22-24-26-28-33-37-41(39(3)40-35-31-30-32-36-40)38-34-29-27-25-23-21-19-17-15-13-11-9-7-5-2/h30-32,35-36,39H,4-29,33-34,37-38H2,1-3H3. The van der Waals surface area contributed by atoms with Gasteiger partial charge in [-0.2, -0.15) is 0 Å². The highest BCUT2D eigenvalue weighted by Gasteiger charge is 2.14. The van der Waals surface area contributed by atoms with Crippen molar-refractivity contribution in [3.8, 4) is 0 Å². The van der Waals surface area contributed by atoms with Crippen LogP contribution in [0.15, 0.2) is 30.3 Å². The van der Waals surface area contributed by atoms with Gasteiger partial charge < -0.3 is 0 Å². The van der Waals surface area contributed by atoms with Crippen LogP contribution in [0.25, 0.3) is 0 Å². The number of hydrogen-bond acceptors (Lipinski definition) is 1. The van der Waals surface area contributed by atoms with Gasteiger partial charge in [-0.25, -0.2) is 0 Å². The maximum atomic E-state index is 2.79. The van der Waals surface area contributed by atoms with Crippen LogP contribution >= 0.6 is 0 Å². The summed E-state index contributed by atoms with van der Waals surface area (Å²) < 4.78 is 0. The highest BCUT2D eigenvalue weighted by Crippen LogP contribution is 2.22. The van der Waals surface area contributed by atoms with Crippen molar-refractivity contribution in [2.75, 3.05) is 13.1 Å². The van der Waals surface area contributed by atoms with E-state index in [0.29, 0.717) is 6.04 Å². The lowest BCUT2D eigenvalue weighted by molar-refractivity contribution is 0.201. The molecular formula is C40H75N. The Morgan fingerprint density at radius 3 is 0.951 bits per heavy atom. The fraction of sp³-hybridized carbons (Fsp3) is 0.850. The molecule has 0 bridgehead atoms. The van der Waals surface area contributed by atoms with Gasteiger partial charge in [0.25, 0.3) is 0 Å². The third-order valence-electron chi connectivity index (χ3n) is 9.43. The molecule has 0 saturated heterocycles. The van der Waals surface area contributed by atoms with Gasteiger partial charge in [-0.15, -0.1) is 0 Å². The zero-order valence-corrected chi connectivity index (χ0v) is 28.6. The Hall–Kier alpha value is -0.820. The van der Waals surface area contributed by atoms with E-state index < -0.39 is 0 Å². The molecule has 41 heavy (non-hydrogen) atoms. The van der Waals surface area contributed by atoms with Crippen molar-refractivity contribution in [3.63, 3.8) is 0 Å². The van der Waals surface area contributed by atoms with Gasteiger partial charge in [0, 0.05) is 6.04 Å². The Balaban J connectivity index is 2.09. The van der Waals surface area contributed by atoms with Gasteiger partial charge in [-0.3, -0.25) is 4.90 Å². The molecule has 1 aromatic rings. The quantitative estimate of drug-likeness (QED) is 0.0780. The van der Waals surface area contributed by atoms with Crippen molar-refractivity contribution < 1.29 is 0 Å². The predicted octanol–water partition coefficient (Wildman–Crippen LogP) is 14.0. The number of unbranched alkanes of at least 4 members (excludes halogenated alkanes) is 26. The van der Waals surface area contributed by atoms with E-state index in [1.165, 1.54) is 198 Å². The zero-order chi connectivity index (χ0) is 29.5. The molecule has 0 amide bonds. The van der Waals surface area contributed by atoms with E-state index in [1.54, 1.807) is 0 Å². The van der Waals surface area contributed by atoms with Gasteiger partial charge >= 0.3 is 0 Å². The predicted molar refractivity (Wildman–Crippen MR) is 187 cm³/mol. The highest BCUT2D eigenvalue weighted by molar-refractivity contribution is 5.18. The normalized spacial score (nSPS) is 12.4. The lowest BCUT2D eigenvalue weighted by Gasteiger charge is -2.29. The second-order valence-corrected chi connectivity index (χ2v) is 13.3. The number of rotatable bonds is 32. The number of nitrogens with zero attached hydrogens (tertiary/aromatic N) is 1. The molecule has 1 rings (SSSR count). The largest absolute Gasteiger partial charge is 0.297 e. The fourth-order valence-electron chi connectivity index (χ4n) is 6.46. The molecule has 1 atom stereocenters. The molecule has 0 aliphatic rings. The maximum Gasteiger partial charge on any atom is 0.0319 e. The van der Waals surface area contributed by atoms with Crippen LogP contribution in [0.5, 0.6) is 0 Å². The van der Waals surface area contributed by atoms with Crippen molar-refractivity contribution in [1.82, 2.24) is 4.90 Å². The summed E-state index contributed by atoms with van der Waals surface area (Å²) >= 11 is 0. The number of benzene rings is 1. The highest BCUT2D eigenvalue weighted by atomic mass is 15.1. The first-order chi connectivity index (χ1) is 20.3. The van der Waals surface area contributed by atoms with Crippen LogP contribution in [0, 0.1) is 0 Å². The average Bonchev–Trinajstić information content (AvgIpc) is 3.00. The molecule has 0 fully saturated rings. The van der Waals surface area contributed by atoms with Crippen molar-refractivity contribution in [1.29, 1.82) is 0 Å². The molecule has 0 radical (unpaired) electrons. The molecule has 0 spiro atoms. The monoisotopic (exact) mass is 570 g/mol. The molecule has 0 heterocycles. The molecule has 0 aliphatic carbocycles. The van der Waals surface area contributed by atoms with Crippen molar-refractivity contribution >= 4 is 0 Å². The van der Waals surface area contributed by atoms with E-state index in [4.69, 9.17) is 0 Å².